The van der Waals surface area contributed by atoms with Gasteiger partial charge in [-0.05, 0) is 56.9 Å². The summed E-state index contributed by atoms with van der Waals surface area (Å²) in [6.07, 6.45) is 0. The van der Waals surface area contributed by atoms with E-state index in [0.717, 1.165) is 15.8 Å². The van der Waals surface area contributed by atoms with Gasteiger partial charge in [0.25, 0.3) is 5.91 Å². The van der Waals surface area contributed by atoms with Crippen LogP contribution in [0.4, 0.5) is 5.13 Å². The molecule has 0 bridgehead atoms. The van der Waals surface area contributed by atoms with Gasteiger partial charge in [-0.15, -0.1) is 0 Å². The highest BCUT2D eigenvalue weighted by Gasteiger charge is 2.25. The van der Waals surface area contributed by atoms with E-state index in [0.29, 0.717) is 39.6 Å². The molecule has 0 saturated carbocycles. The number of thiazole rings is 1. The van der Waals surface area contributed by atoms with Crippen molar-refractivity contribution >= 4 is 55.8 Å². The number of carbonyl (C=O) groups is 1. The second-order valence-electron chi connectivity index (χ2n) is 6.62. The van der Waals surface area contributed by atoms with Crippen LogP contribution in [0, 0.1) is 6.92 Å². The van der Waals surface area contributed by atoms with E-state index in [1.165, 1.54) is 18.4 Å². The second kappa shape index (κ2) is 8.66. The van der Waals surface area contributed by atoms with Crippen molar-refractivity contribution in [2.24, 2.45) is 0 Å². The number of likely N-dealkylation sites (N-methyl/N-ethyl adjacent to an activating group) is 1. The van der Waals surface area contributed by atoms with E-state index in [1.54, 1.807) is 23.1 Å². The van der Waals surface area contributed by atoms with E-state index in [9.17, 15) is 4.79 Å². The predicted octanol–water partition coefficient (Wildman–Crippen LogP) is 5.13. The van der Waals surface area contributed by atoms with Crippen molar-refractivity contribution in [3.8, 4) is 5.75 Å². The Morgan fingerprint density at radius 3 is 2.61 bits per heavy atom. The summed E-state index contributed by atoms with van der Waals surface area (Å²) in [5.74, 6) is 0.272. The van der Waals surface area contributed by atoms with Crippen molar-refractivity contribution in [2.45, 2.75) is 6.92 Å². The Kier molecular flexibility index (Phi) is 6.45. The second-order valence-corrected chi connectivity index (χ2v) is 8.47. The summed E-state index contributed by atoms with van der Waals surface area (Å²) in [6.45, 7) is 3.10. The van der Waals surface area contributed by atoms with Crippen LogP contribution in [0.3, 0.4) is 0 Å². The Bertz CT molecular complexity index is 1020. The van der Waals surface area contributed by atoms with Gasteiger partial charge in [0.1, 0.15) is 5.75 Å². The standard InChI is InChI=1S/C20H21Cl2N3O2S/c1-12-15(22)6-8-17-18(12)23-20(28-17)25(10-9-24(2)3)19(26)14-11-13(21)5-7-16(14)27-4/h5-8,11H,9-10H2,1-4H3. The predicted molar refractivity (Wildman–Crippen MR) is 118 cm³/mol. The Morgan fingerprint density at radius 2 is 1.93 bits per heavy atom. The summed E-state index contributed by atoms with van der Waals surface area (Å²) >= 11 is 13.8. The molecule has 8 heteroatoms. The molecular weight excluding hydrogens is 417 g/mol. The minimum absolute atomic E-state index is 0.205. The first kappa shape index (κ1) is 20.9. The number of anilines is 1. The monoisotopic (exact) mass is 437 g/mol. The number of hydrogen-bond acceptors (Lipinski definition) is 5. The molecule has 148 valence electrons. The van der Waals surface area contributed by atoms with Crippen LogP contribution in [-0.4, -0.2) is 50.1 Å². The summed E-state index contributed by atoms with van der Waals surface area (Å²) in [4.78, 5) is 21.8. The van der Waals surface area contributed by atoms with Crippen LogP contribution in [0.25, 0.3) is 10.2 Å². The molecule has 1 heterocycles. The van der Waals surface area contributed by atoms with Crippen molar-refractivity contribution in [3.05, 3.63) is 51.5 Å². The quantitative estimate of drug-likeness (QED) is 0.536. The summed E-state index contributed by atoms with van der Waals surface area (Å²) in [5, 5.41) is 1.75. The smallest absolute Gasteiger partial charge is 0.263 e. The molecule has 0 aliphatic heterocycles. The number of benzene rings is 2. The van der Waals surface area contributed by atoms with E-state index in [1.807, 2.05) is 38.1 Å². The lowest BCUT2D eigenvalue weighted by Crippen LogP contribution is -2.37. The normalized spacial score (nSPS) is 11.2. The Morgan fingerprint density at radius 1 is 1.18 bits per heavy atom. The maximum absolute atomic E-state index is 13.4. The van der Waals surface area contributed by atoms with Gasteiger partial charge in [-0.1, -0.05) is 34.5 Å². The lowest BCUT2D eigenvalue weighted by atomic mass is 10.1. The number of rotatable bonds is 6. The fourth-order valence-corrected chi connectivity index (χ4v) is 4.16. The third kappa shape index (κ3) is 4.25. The van der Waals surface area contributed by atoms with Crippen LogP contribution >= 0.6 is 34.5 Å². The van der Waals surface area contributed by atoms with Crippen LogP contribution < -0.4 is 9.64 Å². The molecule has 0 radical (unpaired) electrons. The fourth-order valence-electron chi connectivity index (χ4n) is 2.78. The van der Waals surface area contributed by atoms with Gasteiger partial charge in [0.15, 0.2) is 5.13 Å². The van der Waals surface area contributed by atoms with Crippen molar-refractivity contribution in [1.82, 2.24) is 9.88 Å². The minimum Gasteiger partial charge on any atom is -0.496 e. The highest BCUT2D eigenvalue weighted by molar-refractivity contribution is 7.22. The summed E-state index contributed by atoms with van der Waals surface area (Å²) in [5.41, 5.74) is 2.12. The third-order valence-corrected chi connectivity index (χ3v) is 6.06. The first-order chi connectivity index (χ1) is 13.3. The number of fused-ring (bicyclic) bond motifs is 1. The van der Waals surface area contributed by atoms with E-state index in [4.69, 9.17) is 32.9 Å². The Labute approximate surface area is 178 Å². The number of amides is 1. The number of ether oxygens (including phenoxy) is 1. The zero-order valence-electron chi connectivity index (χ0n) is 16.1. The number of carbonyl (C=O) groups excluding carboxylic acids is 1. The molecule has 0 aliphatic rings. The van der Waals surface area contributed by atoms with Gasteiger partial charge < -0.3 is 9.64 Å². The lowest BCUT2D eigenvalue weighted by molar-refractivity contribution is 0.0982. The molecule has 0 N–H and O–H groups in total. The zero-order chi connectivity index (χ0) is 20.4. The van der Waals surface area contributed by atoms with Crippen LogP contribution in [0.2, 0.25) is 10.0 Å². The topological polar surface area (TPSA) is 45.7 Å². The van der Waals surface area contributed by atoms with E-state index >= 15 is 0 Å². The number of methoxy groups -OCH3 is 1. The molecular formula is C20H21Cl2N3O2S. The molecule has 0 saturated heterocycles. The molecule has 2 aromatic carbocycles. The van der Waals surface area contributed by atoms with E-state index in [2.05, 4.69) is 0 Å². The van der Waals surface area contributed by atoms with Crippen LogP contribution in [0.15, 0.2) is 30.3 Å². The van der Waals surface area contributed by atoms with Gasteiger partial charge in [-0.25, -0.2) is 4.98 Å². The van der Waals surface area contributed by atoms with Crippen LogP contribution in [-0.2, 0) is 0 Å². The first-order valence-electron chi connectivity index (χ1n) is 8.67. The Hall–Kier alpha value is -1.86. The average molecular weight is 438 g/mol. The molecule has 1 aromatic heterocycles. The van der Waals surface area contributed by atoms with Gasteiger partial charge >= 0.3 is 0 Å². The molecule has 28 heavy (non-hydrogen) atoms. The van der Waals surface area contributed by atoms with Crippen molar-refractivity contribution in [3.63, 3.8) is 0 Å². The van der Waals surface area contributed by atoms with Gasteiger partial charge in [-0.2, -0.15) is 0 Å². The van der Waals surface area contributed by atoms with Crippen LogP contribution in [0.5, 0.6) is 5.75 Å². The minimum atomic E-state index is -0.205. The summed E-state index contributed by atoms with van der Waals surface area (Å²) in [6, 6.07) is 8.81. The molecule has 5 nitrogen and oxygen atoms in total. The first-order valence-corrected chi connectivity index (χ1v) is 10.2. The molecule has 1 amide bonds. The third-order valence-electron chi connectivity index (χ3n) is 4.38. The van der Waals surface area contributed by atoms with Gasteiger partial charge in [-0.3, -0.25) is 9.69 Å². The van der Waals surface area contributed by atoms with E-state index < -0.39 is 0 Å². The van der Waals surface area contributed by atoms with Crippen molar-refractivity contribution in [1.29, 1.82) is 0 Å². The summed E-state index contributed by atoms with van der Waals surface area (Å²) in [7, 11) is 5.46. The molecule has 0 unspecified atom stereocenters. The number of aromatic nitrogens is 1. The Balaban J connectivity index is 2.08. The van der Waals surface area contributed by atoms with Gasteiger partial charge in [0, 0.05) is 23.1 Å². The fraction of sp³-hybridized carbons (Fsp3) is 0.300. The molecule has 3 aromatic rings. The largest absolute Gasteiger partial charge is 0.496 e. The summed E-state index contributed by atoms with van der Waals surface area (Å²) < 4.78 is 6.36. The number of hydrogen-bond donors (Lipinski definition) is 0. The maximum Gasteiger partial charge on any atom is 0.263 e. The van der Waals surface area contributed by atoms with Crippen molar-refractivity contribution < 1.29 is 9.53 Å². The average Bonchev–Trinajstić information content (AvgIpc) is 3.09. The molecule has 0 spiro atoms. The number of aryl methyl sites for hydroxylation is 1. The lowest BCUT2D eigenvalue weighted by Gasteiger charge is -2.23. The van der Waals surface area contributed by atoms with Gasteiger partial charge in [0.05, 0.1) is 22.9 Å². The SMILES string of the molecule is COc1ccc(Cl)cc1C(=O)N(CCN(C)C)c1nc2c(C)c(Cl)ccc2s1. The van der Waals surface area contributed by atoms with Crippen LogP contribution in [0.1, 0.15) is 15.9 Å². The molecule has 0 fully saturated rings. The number of nitrogens with zero attached hydrogens (tertiary/aromatic N) is 3. The van der Waals surface area contributed by atoms with Gasteiger partial charge in [0.2, 0.25) is 0 Å². The molecule has 0 aliphatic carbocycles. The molecule has 0 atom stereocenters. The highest BCUT2D eigenvalue weighted by atomic mass is 35.5. The highest BCUT2D eigenvalue weighted by Crippen LogP contribution is 2.35. The number of halogens is 2. The van der Waals surface area contributed by atoms with E-state index in [-0.39, 0.29) is 5.91 Å². The van der Waals surface area contributed by atoms with Crippen molar-refractivity contribution in [2.75, 3.05) is 39.2 Å². The zero-order valence-corrected chi connectivity index (χ0v) is 18.5. The molecule has 3 rings (SSSR count). The maximum atomic E-state index is 13.4.